The number of fused-ring (bicyclic) bond motifs is 2. The SMILES string of the molecule is CCN=COP(O[C@@H]1C[C@H](n2cc3c(nc2=O)Nc2ccccc2S3)O[C@@H]1C)N(C(C)C)C(C)C. The number of benzene rings is 1. The van der Waals surface area contributed by atoms with Gasteiger partial charge in [-0.3, -0.25) is 9.56 Å². The molecule has 35 heavy (non-hydrogen) atoms. The van der Waals surface area contributed by atoms with Crippen molar-refractivity contribution in [3.05, 3.63) is 40.9 Å². The third-order valence-corrected chi connectivity index (χ3v) is 8.91. The molecule has 1 unspecified atom stereocenters. The van der Waals surface area contributed by atoms with Crippen LogP contribution in [0.4, 0.5) is 11.5 Å². The highest BCUT2D eigenvalue weighted by Gasteiger charge is 2.40. The second-order valence-electron chi connectivity index (χ2n) is 9.06. The van der Waals surface area contributed by atoms with Gasteiger partial charge in [-0.05, 0) is 53.7 Å². The quantitative estimate of drug-likeness (QED) is 0.223. The van der Waals surface area contributed by atoms with Crippen LogP contribution in [0.25, 0.3) is 0 Å². The van der Waals surface area contributed by atoms with Gasteiger partial charge < -0.3 is 19.1 Å². The van der Waals surface area contributed by atoms with Crippen molar-refractivity contribution in [3.8, 4) is 0 Å². The molecule has 11 heteroatoms. The van der Waals surface area contributed by atoms with E-state index in [4.69, 9.17) is 13.8 Å². The molecule has 9 nitrogen and oxygen atoms in total. The molecule has 4 atom stereocenters. The number of hydrogen-bond donors (Lipinski definition) is 1. The molecule has 2 aliphatic rings. The van der Waals surface area contributed by atoms with Gasteiger partial charge in [0.2, 0.25) is 0 Å². The summed E-state index contributed by atoms with van der Waals surface area (Å²) in [7, 11) is -1.40. The fraction of sp³-hybridized carbons (Fsp3) is 0.542. The number of rotatable bonds is 9. The number of aromatic nitrogens is 2. The Morgan fingerprint density at radius 3 is 2.77 bits per heavy atom. The van der Waals surface area contributed by atoms with Gasteiger partial charge in [0.25, 0.3) is 0 Å². The molecular formula is C24H34N5O4PS. The number of ether oxygens (including phenoxy) is 1. The van der Waals surface area contributed by atoms with Gasteiger partial charge >= 0.3 is 14.2 Å². The fourth-order valence-corrected chi connectivity index (χ4v) is 6.82. The highest BCUT2D eigenvalue weighted by molar-refractivity contribution is 7.99. The number of nitrogens with one attached hydrogen (secondary N) is 1. The molecule has 1 aromatic carbocycles. The minimum absolute atomic E-state index is 0.215. The van der Waals surface area contributed by atoms with E-state index in [-0.39, 0.29) is 30.0 Å². The van der Waals surface area contributed by atoms with E-state index >= 15 is 0 Å². The van der Waals surface area contributed by atoms with E-state index in [1.165, 1.54) is 6.40 Å². The average Bonchev–Trinajstić information content (AvgIpc) is 3.16. The smallest absolute Gasteiger partial charge is 0.351 e. The summed E-state index contributed by atoms with van der Waals surface area (Å²) < 4.78 is 22.5. The molecule has 1 saturated heterocycles. The van der Waals surface area contributed by atoms with Crippen LogP contribution in [0.3, 0.4) is 0 Å². The Balaban J connectivity index is 1.52. The van der Waals surface area contributed by atoms with Gasteiger partial charge in [-0.1, -0.05) is 23.9 Å². The first kappa shape index (κ1) is 26.1. The van der Waals surface area contributed by atoms with Crippen molar-refractivity contribution in [1.29, 1.82) is 0 Å². The van der Waals surface area contributed by atoms with Crippen LogP contribution in [-0.4, -0.2) is 51.5 Å². The van der Waals surface area contributed by atoms with Gasteiger partial charge in [-0.15, -0.1) is 0 Å². The molecule has 190 valence electrons. The summed E-state index contributed by atoms with van der Waals surface area (Å²) in [6.45, 7) is 13.1. The first-order valence-electron chi connectivity index (χ1n) is 12.0. The Bertz CT molecular complexity index is 1100. The normalized spacial score (nSPS) is 22.5. The van der Waals surface area contributed by atoms with Crippen LogP contribution < -0.4 is 11.0 Å². The van der Waals surface area contributed by atoms with Crippen LogP contribution in [0.15, 0.2) is 50.0 Å². The molecule has 0 aliphatic carbocycles. The van der Waals surface area contributed by atoms with Crippen molar-refractivity contribution in [2.24, 2.45) is 4.99 Å². The molecule has 3 heterocycles. The Morgan fingerprint density at radius 1 is 1.31 bits per heavy atom. The molecule has 0 saturated carbocycles. The zero-order valence-electron chi connectivity index (χ0n) is 21.0. The van der Waals surface area contributed by atoms with E-state index in [1.54, 1.807) is 16.3 Å². The Kier molecular flexibility index (Phi) is 8.50. The summed E-state index contributed by atoms with van der Waals surface area (Å²) in [5.74, 6) is 0.574. The number of aliphatic imine (C=N–C) groups is 1. The summed E-state index contributed by atoms with van der Waals surface area (Å²) in [6.07, 6.45) is 2.92. The monoisotopic (exact) mass is 519 g/mol. The topological polar surface area (TPSA) is 90.2 Å². The lowest BCUT2D eigenvalue weighted by atomic mass is 10.2. The van der Waals surface area contributed by atoms with E-state index in [0.29, 0.717) is 18.8 Å². The molecule has 0 spiro atoms. The molecule has 1 aromatic heterocycles. The summed E-state index contributed by atoms with van der Waals surface area (Å²) in [6, 6.07) is 8.43. The van der Waals surface area contributed by atoms with Gasteiger partial charge in [0, 0.05) is 36.1 Å². The maximum absolute atomic E-state index is 12.9. The van der Waals surface area contributed by atoms with Crippen molar-refractivity contribution >= 4 is 38.2 Å². The first-order chi connectivity index (χ1) is 16.8. The zero-order valence-corrected chi connectivity index (χ0v) is 22.8. The standard InChI is InChI=1S/C24H34N5O4PS/c1-7-25-14-31-34(29(15(2)3)16(4)5)33-19-12-22(32-17(19)6)28-13-21-23(27-24(28)30)26-18-10-8-9-11-20(18)35-21/h8-11,13-17,19,22H,7,12H2,1-6H3,(H,26,27,30)/t17-,19-,22-,34?/m1/s1. The van der Waals surface area contributed by atoms with E-state index in [9.17, 15) is 4.79 Å². The van der Waals surface area contributed by atoms with E-state index in [2.05, 4.69) is 47.7 Å². The molecule has 2 aromatic rings. The van der Waals surface area contributed by atoms with Crippen LogP contribution in [0.2, 0.25) is 0 Å². The number of para-hydroxylation sites is 1. The molecule has 0 bridgehead atoms. The van der Waals surface area contributed by atoms with E-state index < -0.39 is 14.8 Å². The molecule has 0 amide bonds. The van der Waals surface area contributed by atoms with Crippen LogP contribution in [0, 0.1) is 0 Å². The first-order valence-corrected chi connectivity index (χ1v) is 14.0. The van der Waals surface area contributed by atoms with Crippen LogP contribution in [0.5, 0.6) is 0 Å². The summed E-state index contributed by atoms with van der Waals surface area (Å²) in [5.41, 5.74) is 0.599. The van der Waals surface area contributed by atoms with Gasteiger partial charge in [0.15, 0.2) is 12.2 Å². The largest absolute Gasteiger partial charge is 0.425 e. The minimum Gasteiger partial charge on any atom is -0.425 e. The third-order valence-electron chi connectivity index (χ3n) is 5.78. The molecule has 2 aliphatic heterocycles. The highest BCUT2D eigenvalue weighted by atomic mass is 32.2. The van der Waals surface area contributed by atoms with Crippen molar-refractivity contribution in [2.75, 3.05) is 11.9 Å². The highest BCUT2D eigenvalue weighted by Crippen LogP contribution is 2.49. The predicted octanol–water partition coefficient (Wildman–Crippen LogP) is 5.55. The predicted molar refractivity (Wildman–Crippen MR) is 141 cm³/mol. The van der Waals surface area contributed by atoms with Crippen LogP contribution >= 0.6 is 20.3 Å². The number of hydrogen-bond acceptors (Lipinski definition) is 9. The summed E-state index contributed by atoms with van der Waals surface area (Å²) in [4.78, 5) is 23.4. The maximum Gasteiger partial charge on any atom is 0.351 e. The maximum atomic E-state index is 12.9. The van der Waals surface area contributed by atoms with Crippen molar-refractivity contribution in [3.63, 3.8) is 0 Å². The van der Waals surface area contributed by atoms with Gasteiger partial charge in [-0.2, -0.15) is 4.98 Å². The molecule has 1 N–H and O–H groups in total. The molecular weight excluding hydrogens is 485 g/mol. The Hall–Kier alpha value is -1.97. The lowest BCUT2D eigenvalue weighted by Crippen LogP contribution is -2.35. The third kappa shape index (κ3) is 5.89. The lowest BCUT2D eigenvalue weighted by Gasteiger charge is -2.36. The van der Waals surface area contributed by atoms with Gasteiger partial charge in [-0.25, -0.2) is 9.46 Å². The molecule has 4 rings (SSSR count). The summed E-state index contributed by atoms with van der Waals surface area (Å²) >= 11 is 1.59. The second kappa shape index (κ2) is 11.4. The zero-order chi connectivity index (χ0) is 25.1. The number of anilines is 2. The van der Waals surface area contributed by atoms with E-state index in [0.717, 1.165) is 15.5 Å². The van der Waals surface area contributed by atoms with Crippen molar-refractivity contribution in [2.45, 2.75) is 88.3 Å². The second-order valence-corrected chi connectivity index (χ2v) is 11.5. The van der Waals surface area contributed by atoms with Crippen molar-refractivity contribution < 1.29 is 13.8 Å². The Morgan fingerprint density at radius 2 is 2.06 bits per heavy atom. The van der Waals surface area contributed by atoms with Crippen molar-refractivity contribution in [1.82, 2.24) is 14.2 Å². The number of nitrogens with zero attached hydrogens (tertiary/aromatic N) is 4. The Labute approximate surface area is 212 Å². The van der Waals surface area contributed by atoms with Crippen LogP contribution in [-0.2, 0) is 13.8 Å². The van der Waals surface area contributed by atoms with Gasteiger partial charge in [0.05, 0.1) is 22.8 Å². The van der Waals surface area contributed by atoms with Gasteiger partial charge in [0.1, 0.15) is 6.23 Å². The van der Waals surface area contributed by atoms with E-state index in [1.807, 2.05) is 44.3 Å². The fourth-order valence-electron chi connectivity index (χ4n) is 4.19. The minimum atomic E-state index is -1.40. The summed E-state index contributed by atoms with van der Waals surface area (Å²) in [5, 5.41) is 3.26. The van der Waals surface area contributed by atoms with Crippen LogP contribution in [0.1, 0.15) is 54.2 Å². The molecule has 1 fully saturated rings. The molecule has 0 radical (unpaired) electrons. The lowest BCUT2D eigenvalue weighted by molar-refractivity contribution is -0.00797. The average molecular weight is 520 g/mol.